The Bertz CT molecular complexity index is 474. The molecule has 15 heavy (non-hydrogen) atoms. The summed E-state index contributed by atoms with van der Waals surface area (Å²) in [4.78, 5) is 0. The van der Waals surface area contributed by atoms with Gasteiger partial charge in [0.15, 0.2) is 5.82 Å². The van der Waals surface area contributed by atoms with Crippen molar-refractivity contribution < 1.29 is 0 Å². The van der Waals surface area contributed by atoms with Crippen LogP contribution in [0.25, 0.3) is 5.69 Å². The van der Waals surface area contributed by atoms with E-state index in [-0.39, 0.29) is 0 Å². The molecule has 0 aliphatic rings. The van der Waals surface area contributed by atoms with Crippen molar-refractivity contribution in [2.75, 3.05) is 5.73 Å². The van der Waals surface area contributed by atoms with Crippen LogP contribution in [0.5, 0.6) is 0 Å². The highest BCUT2D eigenvalue weighted by Gasteiger charge is 2.08. The van der Waals surface area contributed by atoms with Gasteiger partial charge in [-0.1, -0.05) is 13.0 Å². The van der Waals surface area contributed by atoms with Crippen LogP contribution in [0.4, 0.5) is 5.69 Å². The summed E-state index contributed by atoms with van der Waals surface area (Å²) in [5.74, 6) is 0.811. The summed E-state index contributed by atoms with van der Waals surface area (Å²) in [6.45, 7) is 4.01. The third-order valence-electron chi connectivity index (χ3n) is 2.26. The topological polar surface area (TPSA) is 69.6 Å². The third-order valence-corrected chi connectivity index (χ3v) is 2.26. The average Bonchev–Trinajstić information content (AvgIpc) is 2.65. The zero-order valence-electron chi connectivity index (χ0n) is 8.81. The monoisotopic (exact) mass is 203 g/mol. The van der Waals surface area contributed by atoms with E-state index in [1.807, 2.05) is 32.0 Å². The second-order valence-corrected chi connectivity index (χ2v) is 3.42. The lowest BCUT2D eigenvalue weighted by atomic mass is 10.2. The molecule has 2 aromatic rings. The summed E-state index contributed by atoms with van der Waals surface area (Å²) in [5.41, 5.74) is 8.57. The molecular weight excluding hydrogens is 190 g/mol. The van der Waals surface area contributed by atoms with Crippen LogP contribution in [0.2, 0.25) is 0 Å². The minimum Gasteiger partial charge on any atom is -0.397 e. The number of benzene rings is 1. The third kappa shape index (κ3) is 1.68. The Labute approximate surface area is 87.9 Å². The molecule has 0 aliphatic carbocycles. The van der Waals surface area contributed by atoms with E-state index < -0.39 is 0 Å². The number of rotatable bonds is 2. The fraction of sp³-hybridized carbons (Fsp3) is 0.300. The Morgan fingerprint density at radius 1 is 1.40 bits per heavy atom. The first-order chi connectivity index (χ1) is 7.22. The van der Waals surface area contributed by atoms with Gasteiger partial charge in [0.05, 0.1) is 11.4 Å². The lowest BCUT2D eigenvalue weighted by Gasteiger charge is -2.06. The van der Waals surface area contributed by atoms with Gasteiger partial charge in [0.1, 0.15) is 0 Å². The van der Waals surface area contributed by atoms with E-state index in [0.29, 0.717) is 5.69 Å². The number of aryl methyl sites for hydroxylation is 2. The number of aromatic nitrogens is 4. The Morgan fingerprint density at radius 3 is 2.87 bits per heavy atom. The first-order valence-electron chi connectivity index (χ1n) is 4.86. The van der Waals surface area contributed by atoms with Crippen LogP contribution in [-0.4, -0.2) is 20.2 Å². The smallest absolute Gasteiger partial charge is 0.156 e. The average molecular weight is 203 g/mol. The van der Waals surface area contributed by atoms with E-state index in [9.17, 15) is 0 Å². The molecule has 0 fully saturated rings. The van der Waals surface area contributed by atoms with Crippen LogP contribution >= 0.6 is 0 Å². The molecule has 5 heteroatoms. The van der Waals surface area contributed by atoms with E-state index in [4.69, 9.17) is 5.73 Å². The van der Waals surface area contributed by atoms with Crippen molar-refractivity contribution in [2.24, 2.45) is 0 Å². The predicted molar refractivity (Wildman–Crippen MR) is 57.7 cm³/mol. The molecule has 0 amide bonds. The van der Waals surface area contributed by atoms with Crippen LogP contribution in [-0.2, 0) is 6.42 Å². The molecule has 0 atom stereocenters. The van der Waals surface area contributed by atoms with E-state index in [2.05, 4.69) is 15.5 Å². The lowest BCUT2D eigenvalue weighted by Crippen LogP contribution is -2.05. The second-order valence-electron chi connectivity index (χ2n) is 3.42. The molecule has 0 spiro atoms. The van der Waals surface area contributed by atoms with Crippen LogP contribution in [0, 0.1) is 6.92 Å². The number of nitrogens with two attached hydrogens (primary N) is 1. The molecule has 2 N–H and O–H groups in total. The van der Waals surface area contributed by atoms with Gasteiger partial charge in [-0.05, 0) is 35.0 Å². The normalized spacial score (nSPS) is 10.5. The van der Waals surface area contributed by atoms with Crippen molar-refractivity contribution in [1.29, 1.82) is 0 Å². The number of hydrogen-bond donors (Lipinski definition) is 1. The molecule has 5 nitrogen and oxygen atoms in total. The highest BCUT2D eigenvalue weighted by molar-refractivity contribution is 5.58. The maximum absolute atomic E-state index is 5.92. The highest BCUT2D eigenvalue weighted by atomic mass is 15.5. The highest BCUT2D eigenvalue weighted by Crippen LogP contribution is 2.18. The molecule has 1 aromatic heterocycles. The maximum Gasteiger partial charge on any atom is 0.156 e. The number of tetrazole rings is 1. The SMILES string of the molecule is CCc1nnnn1-c1ccc(C)cc1N. The summed E-state index contributed by atoms with van der Waals surface area (Å²) in [6, 6.07) is 5.84. The zero-order valence-corrected chi connectivity index (χ0v) is 8.81. The molecule has 0 saturated carbocycles. The van der Waals surface area contributed by atoms with Crippen molar-refractivity contribution in [3.8, 4) is 5.69 Å². The predicted octanol–water partition coefficient (Wildman–Crippen LogP) is 1.12. The van der Waals surface area contributed by atoms with Crippen LogP contribution in [0.1, 0.15) is 18.3 Å². The van der Waals surface area contributed by atoms with E-state index in [1.54, 1.807) is 4.68 Å². The first kappa shape index (κ1) is 9.64. The summed E-state index contributed by atoms with van der Waals surface area (Å²) in [5, 5.41) is 11.5. The van der Waals surface area contributed by atoms with E-state index in [1.165, 1.54) is 0 Å². The van der Waals surface area contributed by atoms with Gasteiger partial charge in [0.2, 0.25) is 0 Å². The Hall–Kier alpha value is -1.91. The van der Waals surface area contributed by atoms with Crippen LogP contribution < -0.4 is 5.73 Å². The minimum atomic E-state index is 0.692. The Morgan fingerprint density at radius 2 is 2.20 bits per heavy atom. The molecule has 0 saturated heterocycles. The van der Waals surface area contributed by atoms with Crippen molar-refractivity contribution in [1.82, 2.24) is 20.2 Å². The Balaban J connectivity index is 2.54. The van der Waals surface area contributed by atoms with E-state index >= 15 is 0 Å². The maximum atomic E-state index is 5.92. The fourth-order valence-electron chi connectivity index (χ4n) is 1.48. The van der Waals surface area contributed by atoms with Crippen molar-refractivity contribution in [3.63, 3.8) is 0 Å². The quantitative estimate of drug-likeness (QED) is 0.742. The number of nitrogen functional groups attached to an aromatic ring is 1. The Kier molecular flexibility index (Phi) is 2.37. The van der Waals surface area contributed by atoms with E-state index in [0.717, 1.165) is 23.5 Å². The van der Waals surface area contributed by atoms with Gasteiger partial charge in [0, 0.05) is 6.42 Å². The largest absolute Gasteiger partial charge is 0.397 e. The molecule has 0 bridgehead atoms. The van der Waals surface area contributed by atoms with Gasteiger partial charge in [0.25, 0.3) is 0 Å². The standard InChI is InChI=1S/C10H13N5/c1-3-10-12-13-14-15(10)9-5-4-7(2)6-8(9)11/h4-6H,3,11H2,1-2H3. The number of nitrogens with zero attached hydrogens (tertiary/aromatic N) is 4. The first-order valence-corrected chi connectivity index (χ1v) is 4.86. The molecular formula is C10H13N5. The molecule has 0 radical (unpaired) electrons. The summed E-state index contributed by atoms with van der Waals surface area (Å²) in [6.07, 6.45) is 0.778. The molecule has 1 aromatic carbocycles. The molecule has 2 rings (SSSR count). The van der Waals surface area contributed by atoms with Crippen molar-refractivity contribution >= 4 is 5.69 Å². The van der Waals surface area contributed by atoms with Gasteiger partial charge < -0.3 is 5.73 Å². The van der Waals surface area contributed by atoms with Gasteiger partial charge >= 0.3 is 0 Å². The van der Waals surface area contributed by atoms with Crippen LogP contribution in [0.15, 0.2) is 18.2 Å². The minimum absolute atomic E-state index is 0.692. The van der Waals surface area contributed by atoms with Gasteiger partial charge in [-0.15, -0.1) is 5.10 Å². The second kappa shape index (κ2) is 3.68. The van der Waals surface area contributed by atoms with Gasteiger partial charge in [-0.25, -0.2) is 0 Å². The summed E-state index contributed by atoms with van der Waals surface area (Å²) < 4.78 is 1.68. The molecule has 78 valence electrons. The molecule has 1 heterocycles. The zero-order chi connectivity index (χ0) is 10.8. The van der Waals surface area contributed by atoms with Crippen LogP contribution in [0.3, 0.4) is 0 Å². The van der Waals surface area contributed by atoms with Gasteiger partial charge in [-0.2, -0.15) is 4.68 Å². The van der Waals surface area contributed by atoms with Crippen molar-refractivity contribution in [3.05, 3.63) is 29.6 Å². The summed E-state index contributed by atoms with van der Waals surface area (Å²) in [7, 11) is 0. The van der Waals surface area contributed by atoms with Crippen molar-refractivity contribution in [2.45, 2.75) is 20.3 Å². The lowest BCUT2D eigenvalue weighted by molar-refractivity contribution is 0.768. The summed E-state index contributed by atoms with van der Waals surface area (Å²) >= 11 is 0. The number of anilines is 1. The fourth-order valence-corrected chi connectivity index (χ4v) is 1.48. The molecule has 0 aliphatic heterocycles. The molecule has 0 unspecified atom stereocenters. The van der Waals surface area contributed by atoms with Gasteiger partial charge in [-0.3, -0.25) is 0 Å². The number of hydrogen-bond acceptors (Lipinski definition) is 4.